The Labute approximate surface area is 102 Å². The summed E-state index contributed by atoms with van der Waals surface area (Å²) in [5, 5.41) is 0. The van der Waals surface area contributed by atoms with Gasteiger partial charge in [-0.2, -0.15) is 0 Å². The summed E-state index contributed by atoms with van der Waals surface area (Å²) < 4.78 is 0. The lowest BCUT2D eigenvalue weighted by molar-refractivity contribution is 0.303. The van der Waals surface area contributed by atoms with Crippen LogP contribution in [0.25, 0.3) is 0 Å². The summed E-state index contributed by atoms with van der Waals surface area (Å²) in [6, 6.07) is 8.61. The van der Waals surface area contributed by atoms with Crippen LogP contribution in [0.15, 0.2) is 29.3 Å². The first-order valence-corrected chi connectivity index (χ1v) is 6.83. The fraction of sp³-hybridized carbons (Fsp3) is 0.533. The van der Waals surface area contributed by atoms with Crippen LogP contribution in [-0.4, -0.2) is 17.3 Å². The number of amidine groups is 1. The van der Waals surface area contributed by atoms with Crippen molar-refractivity contribution < 1.29 is 0 Å². The Morgan fingerprint density at radius 2 is 2.00 bits per heavy atom. The van der Waals surface area contributed by atoms with Crippen molar-refractivity contribution in [2.45, 2.75) is 32.2 Å². The van der Waals surface area contributed by atoms with E-state index >= 15 is 0 Å². The van der Waals surface area contributed by atoms with Crippen molar-refractivity contribution >= 4 is 11.5 Å². The molecule has 2 atom stereocenters. The minimum Gasteiger partial charge on any atom is -0.355 e. The number of hydrogen-bond donors (Lipinski definition) is 0. The molecule has 0 radical (unpaired) electrons. The lowest BCUT2D eigenvalue weighted by Crippen LogP contribution is -2.29. The van der Waals surface area contributed by atoms with E-state index in [0.29, 0.717) is 0 Å². The predicted octanol–water partition coefficient (Wildman–Crippen LogP) is 3.35. The van der Waals surface area contributed by atoms with Gasteiger partial charge < -0.3 is 4.90 Å². The van der Waals surface area contributed by atoms with Gasteiger partial charge in [-0.3, -0.25) is 0 Å². The molecule has 1 aromatic carbocycles. The van der Waals surface area contributed by atoms with Gasteiger partial charge in [0.05, 0.1) is 5.69 Å². The van der Waals surface area contributed by atoms with E-state index in [9.17, 15) is 0 Å². The van der Waals surface area contributed by atoms with E-state index < -0.39 is 0 Å². The number of nitrogens with zero attached hydrogens (tertiary/aromatic N) is 2. The Morgan fingerprint density at radius 1 is 1.12 bits per heavy atom. The van der Waals surface area contributed by atoms with E-state index in [1.165, 1.54) is 49.3 Å². The van der Waals surface area contributed by atoms with Crippen molar-refractivity contribution in [2.24, 2.45) is 16.8 Å². The highest BCUT2D eigenvalue weighted by Gasteiger charge is 2.40. The van der Waals surface area contributed by atoms with Crippen molar-refractivity contribution in [1.82, 2.24) is 4.90 Å². The van der Waals surface area contributed by atoms with Crippen LogP contribution >= 0.6 is 0 Å². The molecule has 0 N–H and O–H groups in total. The minimum atomic E-state index is 0.761. The van der Waals surface area contributed by atoms with E-state index in [0.717, 1.165) is 18.4 Å². The van der Waals surface area contributed by atoms with Gasteiger partial charge in [-0.05, 0) is 30.4 Å². The van der Waals surface area contributed by atoms with Gasteiger partial charge in [0.15, 0.2) is 0 Å². The zero-order valence-corrected chi connectivity index (χ0v) is 10.1. The Morgan fingerprint density at radius 3 is 3.00 bits per heavy atom. The van der Waals surface area contributed by atoms with Gasteiger partial charge in [-0.25, -0.2) is 4.99 Å². The molecule has 1 aromatic rings. The van der Waals surface area contributed by atoms with Gasteiger partial charge in [-0.15, -0.1) is 0 Å². The van der Waals surface area contributed by atoms with E-state index in [1.807, 2.05) is 0 Å². The first-order chi connectivity index (χ1) is 8.42. The molecule has 4 rings (SSSR count). The molecule has 2 fully saturated rings. The number of rotatable bonds is 0. The summed E-state index contributed by atoms with van der Waals surface area (Å²) in [6.45, 7) is 2.33. The number of fused-ring (bicyclic) bond motifs is 4. The Bertz CT molecular complexity index is 478. The topological polar surface area (TPSA) is 15.6 Å². The largest absolute Gasteiger partial charge is 0.355 e. The molecule has 2 heteroatoms. The average Bonchev–Trinajstić information content (AvgIpc) is 2.73. The quantitative estimate of drug-likeness (QED) is 0.662. The van der Waals surface area contributed by atoms with E-state index in [4.69, 9.17) is 4.99 Å². The van der Waals surface area contributed by atoms with Gasteiger partial charge in [0.2, 0.25) is 0 Å². The summed E-state index contributed by atoms with van der Waals surface area (Å²) >= 11 is 0. The first-order valence-electron chi connectivity index (χ1n) is 6.83. The molecule has 0 aromatic heterocycles. The molecule has 17 heavy (non-hydrogen) atoms. The standard InChI is InChI=1S/C15H18N2/c1-3-7-13-11(5-1)9-17-10-12-6-2-4-8-14(12)16-15(13)17/h2,4,6,8,11,13H,1,3,5,7,9-10H2/t11-,13-/m1/s1. The second kappa shape index (κ2) is 3.59. The maximum absolute atomic E-state index is 4.93. The molecule has 2 nitrogen and oxygen atoms in total. The van der Waals surface area contributed by atoms with Crippen molar-refractivity contribution in [3.63, 3.8) is 0 Å². The Balaban J connectivity index is 1.75. The van der Waals surface area contributed by atoms with Crippen molar-refractivity contribution in [3.05, 3.63) is 29.8 Å². The maximum atomic E-state index is 4.93. The SMILES string of the molecule is c1ccc2c(c1)CN1C[C@H]3CCCC[C@H]3C1=N2. The molecule has 0 bridgehead atoms. The summed E-state index contributed by atoms with van der Waals surface area (Å²) in [6.07, 6.45) is 5.60. The Hall–Kier alpha value is -1.31. The first kappa shape index (κ1) is 9.69. The van der Waals surface area contributed by atoms with Crippen molar-refractivity contribution in [3.8, 4) is 0 Å². The van der Waals surface area contributed by atoms with Gasteiger partial charge in [-0.1, -0.05) is 31.0 Å². The third kappa shape index (κ3) is 1.43. The summed E-state index contributed by atoms with van der Waals surface area (Å²) in [4.78, 5) is 7.47. The second-order valence-electron chi connectivity index (χ2n) is 5.63. The van der Waals surface area contributed by atoms with Crippen molar-refractivity contribution in [2.75, 3.05) is 6.54 Å². The molecule has 1 aliphatic carbocycles. The molecular weight excluding hydrogens is 208 g/mol. The highest BCUT2D eigenvalue weighted by atomic mass is 15.2. The van der Waals surface area contributed by atoms with Crippen LogP contribution in [0.2, 0.25) is 0 Å². The normalized spacial score (nSPS) is 30.4. The minimum absolute atomic E-state index is 0.761. The molecule has 1 saturated heterocycles. The van der Waals surface area contributed by atoms with Gasteiger partial charge in [0.1, 0.15) is 5.84 Å². The molecule has 3 aliphatic rings. The van der Waals surface area contributed by atoms with Gasteiger partial charge >= 0.3 is 0 Å². The smallest absolute Gasteiger partial charge is 0.109 e. The monoisotopic (exact) mass is 226 g/mol. The molecular formula is C15H18N2. The molecule has 0 amide bonds. The summed E-state index contributed by atoms with van der Waals surface area (Å²) in [5.74, 6) is 3.04. The van der Waals surface area contributed by atoms with E-state index in [-0.39, 0.29) is 0 Å². The van der Waals surface area contributed by atoms with Crippen LogP contribution in [0, 0.1) is 11.8 Å². The average molecular weight is 226 g/mol. The summed E-state index contributed by atoms with van der Waals surface area (Å²) in [5.41, 5.74) is 2.61. The number of benzene rings is 1. The van der Waals surface area contributed by atoms with Crippen LogP contribution in [0.3, 0.4) is 0 Å². The molecule has 0 spiro atoms. The number of para-hydroxylation sites is 1. The molecule has 0 unspecified atom stereocenters. The fourth-order valence-corrected chi connectivity index (χ4v) is 3.76. The van der Waals surface area contributed by atoms with Crippen molar-refractivity contribution in [1.29, 1.82) is 0 Å². The predicted molar refractivity (Wildman–Crippen MR) is 69.4 cm³/mol. The fourth-order valence-electron chi connectivity index (χ4n) is 3.76. The molecule has 2 aliphatic heterocycles. The van der Waals surface area contributed by atoms with Crippen LogP contribution < -0.4 is 0 Å². The van der Waals surface area contributed by atoms with E-state index in [2.05, 4.69) is 29.2 Å². The molecule has 1 saturated carbocycles. The van der Waals surface area contributed by atoms with Gasteiger partial charge in [0.25, 0.3) is 0 Å². The van der Waals surface area contributed by atoms with Crippen LogP contribution in [0.4, 0.5) is 5.69 Å². The van der Waals surface area contributed by atoms with Gasteiger partial charge in [0, 0.05) is 19.0 Å². The van der Waals surface area contributed by atoms with Crippen LogP contribution in [0.5, 0.6) is 0 Å². The van der Waals surface area contributed by atoms with Crippen LogP contribution in [-0.2, 0) is 6.54 Å². The lowest BCUT2D eigenvalue weighted by atomic mass is 9.81. The third-order valence-electron chi connectivity index (χ3n) is 4.61. The number of aliphatic imine (C=N–C) groups is 1. The Kier molecular flexibility index (Phi) is 2.05. The maximum Gasteiger partial charge on any atom is 0.109 e. The van der Waals surface area contributed by atoms with Crippen LogP contribution in [0.1, 0.15) is 31.2 Å². The highest BCUT2D eigenvalue weighted by Crippen LogP contribution is 2.41. The molecule has 2 heterocycles. The number of hydrogen-bond acceptors (Lipinski definition) is 2. The second-order valence-corrected chi connectivity index (χ2v) is 5.63. The lowest BCUT2D eigenvalue weighted by Gasteiger charge is -2.27. The summed E-state index contributed by atoms with van der Waals surface area (Å²) in [7, 11) is 0. The zero-order valence-electron chi connectivity index (χ0n) is 10.1. The molecule has 88 valence electrons. The highest BCUT2D eigenvalue weighted by molar-refractivity contribution is 5.91. The van der Waals surface area contributed by atoms with E-state index in [1.54, 1.807) is 0 Å². The zero-order chi connectivity index (χ0) is 11.2. The third-order valence-corrected chi connectivity index (χ3v) is 4.61.